The van der Waals surface area contributed by atoms with Crippen molar-refractivity contribution in [2.75, 3.05) is 25.2 Å². The summed E-state index contributed by atoms with van der Waals surface area (Å²) in [5.41, 5.74) is 4.84. The van der Waals surface area contributed by atoms with Gasteiger partial charge in [-0.15, -0.1) is 0 Å². The summed E-state index contributed by atoms with van der Waals surface area (Å²) in [6.45, 7) is 9.91. The molecule has 0 bridgehead atoms. The zero-order valence-corrected chi connectivity index (χ0v) is 25.4. The number of rotatable bonds is 6. The number of amides is 1. The van der Waals surface area contributed by atoms with Gasteiger partial charge in [0.25, 0.3) is 5.91 Å². The minimum Gasteiger partial charge on any atom is -0.497 e. The number of benzene rings is 3. The van der Waals surface area contributed by atoms with Crippen LogP contribution in [0.3, 0.4) is 0 Å². The van der Waals surface area contributed by atoms with Crippen molar-refractivity contribution in [1.29, 1.82) is 0 Å². The Morgan fingerprint density at radius 2 is 1.83 bits per heavy atom. The Hall–Kier alpha value is -3.62. The first-order valence-corrected chi connectivity index (χ1v) is 14.4. The maximum atomic E-state index is 15.6. The lowest BCUT2D eigenvalue weighted by atomic mass is 9.83. The van der Waals surface area contributed by atoms with Crippen LogP contribution in [0, 0.1) is 19.7 Å². The zero-order chi connectivity index (χ0) is 30.5. The predicted octanol–water partition coefficient (Wildman–Crippen LogP) is 7.24. The molecule has 0 fully saturated rings. The first kappa shape index (κ1) is 29.9. The molecule has 1 N–H and O–H groups in total. The van der Waals surface area contributed by atoms with Crippen molar-refractivity contribution in [3.05, 3.63) is 74.6 Å². The highest BCUT2D eigenvalue weighted by Crippen LogP contribution is 2.48. The summed E-state index contributed by atoms with van der Waals surface area (Å²) in [4.78, 5) is 28.2. The third-order valence-electron chi connectivity index (χ3n) is 7.80. The number of carboxylic acid groups (broad SMARTS) is 1. The molecule has 222 valence electrons. The molecule has 2 aliphatic rings. The molecule has 0 aliphatic carbocycles. The Balaban J connectivity index is 1.76. The van der Waals surface area contributed by atoms with Crippen LogP contribution < -0.4 is 14.4 Å². The number of aliphatic carboxylic acids is 1. The van der Waals surface area contributed by atoms with Crippen molar-refractivity contribution < 1.29 is 33.3 Å². The molecule has 0 aromatic heterocycles. The molecular formula is C33H35ClFNO6. The van der Waals surface area contributed by atoms with E-state index in [0.29, 0.717) is 70.3 Å². The lowest BCUT2D eigenvalue weighted by Gasteiger charge is -2.30. The van der Waals surface area contributed by atoms with E-state index in [9.17, 15) is 14.7 Å². The van der Waals surface area contributed by atoms with E-state index in [-0.39, 0.29) is 11.7 Å². The van der Waals surface area contributed by atoms with Gasteiger partial charge in [0.05, 0.1) is 19.3 Å². The first-order valence-electron chi connectivity index (χ1n) is 14.0. The smallest absolute Gasteiger partial charge is 0.337 e. The topological polar surface area (TPSA) is 85.3 Å². The minimum atomic E-state index is -1.32. The molecule has 5 rings (SSSR count). The highest BCUT2D eigenvalue weighted by Gasteiger charge is 2.37. The number of ether oxygens (including phenoxy) is 3. The number of carbonyl (C=O) groups excluding carboxylic acids is 1. The number of fused-ring (bicyclic) bond motifs is 2. The molecule has 0 unspecified atom stereocenters. The number of carboxylic acids is 1. The van der Waals surface area contributed by atoms with Crippen molar-refractivity contribution in [3.8, 4) is 22.6 Å². The van der Waals surface area contributed by atoms with Crippen molar-refractivity contribution in [2.24, 2.45) is 0 Å². The van der Waals surface area contributed by atoms with Gasteiger partial charge in [-0.1, -0.05) is 11.6 Å². The number of aryl methyl sites for hydroxylation is 1. The van der Waals surface area contributed by atoms with Gasteiger partial charge in [0.1, 0.15) is 5.75 Å². The Bertz CT molecular complexity index is 1590. The lowest BCUT2D eigenvalue weighted by molar-refractivity contribution is -0.160. The van der Waals surface area contributed by atoms with Gasteiger partial charge in [-0.25, -0.2) is 9.18 Å². The van der Waals surface area contributed by atoms with Gasteiger partial charge < -0.3 is 24.2 Å². The maximum absolute atomic E-state index is 15.6. The standard InChI is InChI=1S/C33H35ClFNO6/c1-17-12-26-23(9-10-36(26)31(37)19-13-20(34)15-21(14-19)40-6)28(27(17)30(32(38)39)42-33(3,4)5)24-16-25(35)29-22(18(24)2)8-7-11-41-29/h12-16,30H,7-11H2,1-6H3,(H,38,39)/t30-/m0/s1. The average Bonchev–Trinajstić information content (AvgIpc) is 3.35. The molecule has 42 heavy (non-hydrogen) atoms. The van der Waals surface area contributed by atoms with Gasteiger partial charge in [-0.3, -0.25) is 4.79 Å². The first-order chi connectivity index (χ1) is 19.8. The van der Waals surface area contributed by atoms with Gasteiger partial charge in [0.2, 0.25) is 0 Å². The Kier molecular flexibility index (Phi) is 7.98. The number of hydrogen-bond acceptors (Lipinski definition) is 5. The van der Waals surface area contributed by atoms with Crippen LogP contribution >= 0.6 is 11.6 Å². The van der Waals surface area contributed by atoms with Crippen LogP contribution in [-0.4, -0.2) is 42.8 Å². The van der Waals surface area contributed by atoms with Crippen LogP contribution in [0.5, 0.6) is 11.5 Å². The van der Waals surface area contributed by atoms with Gasteiger partial charge in [0, 0.05) is 33.9 Å². The van der Waals surface area contributed by atoms with Crippen LogP contribution in [-0.2, 0) is 22.4 Å². The van der Waals surface area contributed by atoms with Crippen LogP contribution in [0.4, 0.5) is 10.1 Å². The van der Waals surface area contributed by atoms with E-state index in [1.807, 2.05) is 13.0 Å². The van der Waals surface area contributed by atoms with E-state index >= 15 is 4.39 Å². The molecule has 1 atom stereocenters. The van der Waals surface area contributed by atoms with Gasteiger partial charge in [0.15, 0.2) is 17.7 Å². The molecule has 1 amide bonds. The number of hydrogen-bond donors (Lipinski definition) is 1. The third kappa shape index (κ3) is 5.45. The van der Waals surface area contributed by atoms with Crippen LogP contribution in [0.2, 0.25) is 5.02 Å². The van der Waals surface area contributed by atoms with Crippen molar-refractivity contribution >= 4 is 29.2 Å². The fourth-order valence-electron chi connectivity index (χ4n) is 6.02. The van der Waals surface area contributed by atoms with Gasteiger partial charge in [-0.05, 0) is 112 Å². The fourth-order valence-corrected chi connectivity index (χ4v) is 6.24. The second-order valence-corrected chi connectivity index (χ2v) is 12.2. The lowest BCUT2D eigenvalue weighted by Crippen LogP contribution is -2.29. The Labute approximate surface area is 250 Å². The summed E-state index contributed by atoms with van der Waals surface area (Å²) in [6, 6.07) is 8.11. The Morgan fingerprint density at radius 3 is 2.50 bits per heavy atom. The molecule has 3 aromatic rings. The van der Waals surface area contributed by atoms with Crippen molar-refractivity contribution in [3.63, 3.8) is 0 Å². The zero-order valence-electron chi connectivity index (χ0n) is 24.7. The second kappa shape index (κ2) is 11.2. The van der Waals surface area contributed by atoms with E-state index in [4.69, 9.17) is 25.8 Å². The molecule has 0 radical (unpaired) electrons. The summed E-state index contributed by atoms with van der Waals surface area (Å²) in [7, 11) is 1.51. The summed E-state index contributed by atoms with van der Waals surface area (Å²) in [5, 5.41) is 10.8. The molecule has 3 aromatic carbocycles. The fraction of sp³-hybridized carbons (Fsp3) is 0.394. The van der Waals surface area contributed by atoms with E-state index in [2.05, 4.69) is 0 Å². The van der Waals surface area contributed by atoms with Crippen molar-refractivity contribution in [1.82, 2.24) is 0 Å². The second-order valence-electron chi connectivity index (χ2n) is 11.8. The minimum absolute atomic E-state index is 0.251. The number of carbonyl (C=O) groups is 2. The number of nitrogens with zero attached hydrogens (tertiary/aromatic N) is 1. The Morgan fingerprint density at radius 1 is 1.10 bits per heavy atom. The third-order valence-corrected chi connectivity index (χ3v) is 8.02. The molecule has 2 aliphatic heterocycles. The normalized spacial score (nSPS) is 15.1. The SMILES string of the molecule is COc1cc(Cl)cc(C(=O)N2CCc3c2cc(C)c([C@H](OC(C)(C)C)C(=O)O)c3-c2cc(F)c3c(c2C)CCCO3)c1. The predicted molar refractivity (Wildman–Crippen MR) is 160 cm³/mol. The molecular weight excluding hydrogens is 561 g/mol. The van der Waals surface area contributed by atoms with E-state index < -0.39 is 23.5 Å². The molecule has 2 heterocycles. The molecule has 0 saturated heterocycles. The molecule has 0 spiro atoms. The van der Waals surface area contributed by atoms with Gasteiger partial charge in [-0.2, -0.15) is 0 Å². The van der Waals surface area contributed by atoms with Crippen LogP contribution in [0.1, 0.15) is 71.5 Å². The average molecular weight is 596 g/mol. The van der Waals surface area contributed by atoms with Crippen LogP contribution in [0.25, 0.3) is 11.1 Å². The molecule has 9 heteroatoms. The van der Waals surface area contributed by atoms with E-state index in [1.165, 1.54) is 13.2 Å². The summed E-state index contributed by atoms with van der Waals surface area (Å²) in [6.07, 6.45) is 0.531. The quantitative estimate of drug-likeness (QED) is 0.323. The molecule has 0 saturated carbocycles. The highest BCUT2D eigenvalue weighted by atomic mass is 35.5. The molecule has 7 nitrogen and oxygen atoms in total. The van der Waals surface area contributed by atoms with E-state index in [0.717, 1.165) is 23.1 Å². The van der Waals surface area contributed by atoms with Gasteiger partial charge >= 0.3 is 5.97 Å². The summed E-state index contributed by atoms with van der Waals surface area (Å²) < 4.78 is 32.7. The van der Waals surface area contributed by atoms with Crippen LogP contribution in [0.15, 0.2) is 30.3 Å². The number of methoxy groups -OCH3 is 1. The summed E-state index contributed by atoms with van der Waals surface area (Å²) >= 11 is 6.27. The monoisotopic (exact) mass is 595 g/mol. The number of halogens is 2. The maximum Gasteiger partial charge on any atom is 0.337 e. The van der Waals surface area contributed by atoms with Crippen molar-refractivity contribution in [2.45, 2.75) is 65.6 Å². The highest BCUT2D eigenvalue weighted by molar-refractivity contribution is 6.31. The van der Waals surface area contributed by atoms with E-state index in [1.54, 1.807) is 50.8 Å². The summed E-state index contributed by atoms with van der Waals surface area (Å²) in [5.74, 6) is -1.20. The number of anilines is 1. The largest absolute Gasteiger partial charge is 0.497 e.